The van der Waals surface area contributed by atoms with Gasteiger partial charge in [0.1, 0.15) is 5.75 Å². The lowest BCUT2D eigenvalue weighted by Gasteiger charge is -2.08. The van der Waals surface area contributed by atoms with Gasteiger partial charge in [0, 0.05) is 13.1 Å². The molecule has 5 heteroatoms. The molecule has 0 aliphatic heterocycles. The molecule has 0 bridgehead atoms. The Morgan fingerprint density at radius 3 is 2.86 bits per heavy atom. The first kappa shape index (κ1) is 19.6. The molecular weight excluding hydrogens is 377 g/mol. The van der Waals surface area contributed by atoms with Crippen LogP contribution in [0.15, 0.2) is 29.3 Å². The number of rotatable bonds is 7. The molecular formula is C16H24IN3O. The monoisotopic (exact) mass is 401 g/mol. The molecule has 0 spiro atoms. The first-order valence-electron chi connectivity index (χ1n) is 6.88. The number of hydrogen-bond acceptors (Lipinski definition) is 2. The molecule has 1 aromatic carbocycles. The van der Waals surface area contributed by atoms with Crippen LogP contribution in [-0.2, 0) is 6.42 Å². The number of benzene rings is 1. The van der Waals surface area contributed by atoms with Gasteiger partial charge in [-0.05, 0) is 37.5 Å². The molecule has 1 rings (SSSR count). The Hall–Kier alpha value is -1.42. The summed E-state index contributed by atoms with van der Waals surface area (Å²) in [5, 5.41) is 6.23. The summed E-state index contributed by atoms with van der Waals surface area (Å²) in [6.07, 6.45) is 7.19. The molecule has 0 radical (unpaired) electrons. The number of hydrogen-bond donors (Lipinski definition) is 2. The van der Waals surface area contributed by atoms with Crippen molar-refractivity contribution in [1.82, 2.24) is 10.6 Å². The van der Waals surface area contributed by atoms with Crippen molar-refractivity contribution >= 4 is 29.9 Å². The third-order valence-electron chi connectivity index (χ3n) is 2.73. The number of methoxy groups -OCH3 is 1. The maximum atomic E-state index is 5.22. The zero-order valence-corrected chi connectivity index (χ0v) is 15.0. The summed E-state index contributed by atoms with van der Waals surface area (Å²) >= 11 is 0. The second kappa shape index (κ2) is 12.3. The third-order valence-corrected chi connectivity index (χ3v) is 2.73. The second-order valence-corrected chi connectivity index (χ2v) is 4.27. The van der Waals surface area contributed by atoms with Gasteiger partial charge in [-0.2, -0.15) is 0 Å². The molecule has 0 fully saturated rings. The van der Waals surface area contributed by atoms with E-state index in [9.17, 15) is 0 Å². The molecule has 4 nitrogen and oxygen atoms in total. The van der Waals surface area contributed by atoms with Crippen LogP contribution in [-0.4, -0.2) is 32.7 Å². The summed E-state index contributed by atoms with van der Waals surface area (Å²) in [6.45, 7) is 4.11. The minimum Gasteiger partial charge on any atom is -0.497 e. The van der Waals surface area contributed by atoms with Gasteiger partial charge >= 0.3 is 0 Å². The van der Waals surface area contributed by atoms with Crippen LogP contribution in [0.4, 0.5) is 0 Å². The summed E-state index contributed by atoms with van der Waals surface area (Å²) in [6, 6.07) is 8.13. The van der Waals surface area contributed by atoms with Crippen molar-refractivity contribution in [2.75, 3.05) is 26.7 Å². The summed E-state index contributed by atoms with van der Waals surface area (Å²) in [5.41, 5.74) is 1.26. The van der Waals surface area contributed by atoms with Crippen molar-refractivity contribution in [3.63, 3.8) is 0 Å². The molecule has 2 N–H and O–H groups in total. The largest absolute Gasteiger partial charge is 0.497 e. The minimum absolute atomic E-state index is 0. The lowest BCUT2D eigenvalue weighted by atomic mass is 10.1. The van der Waals surface area contributed by atoms with Gasteiger partial charge in [-0.1, -0.05) is 18.1 Å². The molecule has 0 aromatic heterocycles. The van der Waals surface area contributed by atoms with Crippen molar-refractivity contribution in [2.24, 2.45) is 4.99 Å². The number of nitrogens with one attached hydrogen (secondary N) is 2. The highest BCUT2D eigenvalue weighted by Gasteiger charge is 1.97. The summed E-state index contributed by atoms with van der Waals surface area (Å²) in [7, 11) is 1.68. The number of nitrogens with zero attached hydrogens (tertiary/aromatic N) is 1. The van der Waals surface area contributed by atoms with Crippen LogP contribution >= 0.6 is 24.0 Å². The van der Waals surface area contributed by atoms with Crippen molar-refractivity contribution in [1.29, 1.82) is 0 Å². The Bertz CT molecular complexity index is 469. The highest BCUT2D eigenvalue weighted by molar-refractivity contribution is 14.0. The molecule has 0 saturated heterocycles. The minimum atomic E-state index is 0. The summed E-state index contributed by atoms with van der Waals surface area (Å²) in [4.78, 5) is 4.48. The molecule has 0 unspecified atom stereocenters. The summed E-state index contributed by atoms with van der Waals surface area (Å²) in [5.74, 6) is 4.21. The topological polar surface area (TPSA) is 45.7 Å². The van der Waals surface area contributed by atoms with Crippen LogP contribution in [0.5, 0.6) is 5.75 Å². The average Bonchev–Trinajstić information content (AvgIpc) is 2.49. The first-order valence-corrected chi connectivity index (χ1v) is 6.88. The fraction of sp³-hybridized carbons (Fsp3) is 0.438. The molecule has 116 valence electrons. The zero-order valence-electron chi connectivity index (χ0n) is 12.7. The van der Waals surface area contributed by atoms with Crippen molar-refractivity contribution in [3.8, 4) is 18.1 Å². The van der Waals surface area contributed by atoms with E-state index in [2.05, 4.69) is 33.7 Å². The maximum absolute atomic E-state index is 5.22. The molecule has 0 aliphatic carbocycles. The van der Waals surface area contributed by atoms with Gasteiger partial charge in [0.2, 0.25) is 0 Å². The number of guanidine groups is 1. The van der Waals surface area contributed by atoms with E-state index in [4.69, 9.17) is 11.2 Å². The van der Waals surface area contributed by atoms with Gasteiger partial charge in [0.25, 0.3) is 0 Å². The van der Waals surface area contributed by atoms with Crippen LogP contribution in [0.3, 0.4) is 0 Å². The lowest BCUT2D eigenvalue weighted by molar-refractivity contribution is 0.414. The molecule has 0 aliphatic rings. The van der Waals surface area contributed by atoms with E-state index in [0.717, 1.165) is 37.6 Å². The predicted molar refractivity (Wildman–Crippen MR) is 99.5 cm³/mol. The summed E-state index contributed by atoms with van der Waals surface area (Å²) < 4.78 is 5.21. The van der Waals surface area contributed by atoms with Gasteiger partial charge in [0.15, 0.2) is 5.96 Å². The van der Waals surface area contributed by atoms with Gasteiger partial charge in [-0.15, -0.1) is 30.4 Å². The number of ether oxygens (including phenoxy) is 1. The highest BCUT2D eigenvalue weighted by Crippen LogP contribution is 2.13. The Labute approximate surface area is 144 Å². The Morgan fingerprint density at radius 1 is 1.38 bits per heavy atom. The normalized spacial score (nSPS) is 10.2. The van der Waals surface area contributed by atoms with E-state index in [1.165, 1.54) is 5.56 Å². The Morgan fingerprint density at radius 2 is 2.19 bits per heavy atom. The lowest BCUT2D eigenvalue weighted by Crippen LogP contribution is -2.37. The third kappa shape index (κ3) is 8.45. The number of terminal acetylenes is 1. The van der Waals surface area contributed by atoms with Crippen LogP contribution in [0, 0.1) is 12.3 Å². The van der Waals surface area contributed by atoms with E-state index in [-0.39, 0.29) is 24.0 Å². The molecule has 0 saturated carbocycles. The SMILES string of the molecule is C#CCNC(=NCCCc1cccc(OC)c1)NCC.I. The van der Waals surface area contributed by atoms with Gasteiger partial charge in [-0.25, -0.2) is 0 Å². The number of aliphatic imine (C=N–C) groups is 1. The van der Waals surface area contributed by atoms with E-state index in [1.807, 2.05) is 19.1 Å². The molecule has 1 aromatic rings. The first-order chi connectivity index (χ1) is 9.80. The molecule has 21 heavy (non-hydrogen) atoms. The molecule has 0 heterocycles. The van der Waals surface area contributed by atoms with Crippen molar-refractivity contribution < 1.29 is 4.74 Å². The standard InChI is InChI=1S/C16H23N3O.HI/c1-4-11-18-16(17-5-2)19-12-7-9-14-8-6-10-15(13-14)20-3;/h1,6,8,10,13H,5,7,9,11-12H2,2-3H3,(H2,17,18,19);1H. The van der Waals surface area contributed by atoms with Crippen LogP contribution in [0.2, 0.25) is 0 Å². The maximum Gasteiger partial charge on any atom is 0.192 e. The van der Waals surface area contributed by atoms with Crippen LogP contribution in [0.1, 0.15) is 18.9 Å². The Kier molecular flexibility index (Phi) is 11.5. The number of aryl methyl sites for hydroxylation is 1. The molecule has 0 amide bonds. The van der Waals surface area contributed by atoms with Crippen LogP contribution in [0.25, 0.3) is 0 Å². The average molecular weight is 401 g/mol. The highest BCUT2D eigenvalue weighted by atomic mass is 127. The van der Waals surface area contributed by atoms with Crippen molar-refractivity contribution in [3.05, 3.63) is 29.8 Å². The van der Waals surface area contributed by atoms with Gasteiger partial charge < -0.3 is 15.4 Å². The second-order valence-electron chi connectivity index (χ2n) is 4.27. The van der Waals surface area contributed by atoms with Crippen molar-refractivity contribution in [2.45, 2.75) is 19.8 Å². The van der Waals surface area contributed by atoms with Crippen LogP contribution < -0.4 is 15.4 Å². The van der Waals surface area contributed by atoms with E-state index in [1.54, 1.807) is 7.11 Å². The smallest absolute Gasteiger partial charge is 0.192 e. The molecule has 0 atom stereocenters. The zero-order chi connectivity index (χ0) is 14.6. The predicted octanol–water partition coefficient (Wildman–Crippen LogP) is 2.43. The van der Waals surface area contributed by atoms with E-state index in [0.29, 0.717) is 6.54 Å². The Balaban J connectivity index is 0.00000400. The fourth-order valence-corrected chi connectivity index (χ4v) is 1.78. The van der Waals surface area contributed by atoms with E-state index < -0.39 is 0 Å². The van der Waals surface area contributed by atoms with Gasteiger partial charge in [-0.3, -0.25) is 4.99 Å². The fourth-order valence-electron chi connectivity index (χ4n) is 1.78. The number of halogens is 1. The quantitative estimate of drug-likeness (QED) is 0.243. The van der Waals surface area contributed by atoms with Gasteiger partial charge in [0.05, 0.1) is 13.7 Å². The van der Waals surface area contributed by atoms with E-state index >= 15 is 0 Å².